The van der Waals surface area contributed by atoms with Crippen LogP contribution in [-0.4, -0.2) is 21.1 Å². The number of alkyl halides is 3. The number of nitrogens with two attached hydrogens (primary N) is 2. The third-order valence-corrected chi connectivity index (χ3v) is 5.46. The molecular weight excluding hydrogens is 457 g/mol. The Balaban J connectivity index is 0.000000159. The van der Waals surface area contributed by atoms with E-state index in [1.165, 1.54) is 44.6 Å². The summed E-state index contributed by atoms with van der Waals surface area (Å²) in [5.74, 6) is -0.605. The van der Waals surface area contributed by atoms with Crippen LogP contribution in [-0.2, 0) is 6.18 Å². The Kier molecular flexibility index (Phi) is 8.25. The molecule has 0 bridgehead atoms. The number of hydrogen-bond donors (Lipinski definition) is 3. The van der Waals surface area contributed by atoms with E-state index < -0.39 is 17.8 Å². The SMILES string of the molecule is C1CCCCC1.N#Cc1ccc2[nH]nc(C(N)=O)c2c1.Nc1cc(C(F)(F)F)nc2ccccc12. The van der Waals surface area contributed by atoms with E-state index in [1.54, 1.807) is 36.4 Å². The summed E-state index contributed by atoms with van der Waals surface area (Å²) in [7, 11) is 0. The summed E-state index contributed by atoms with van der Waals surface area (Å²) in [6.45, 7) is 0. The Morgan fingerprint density at radius 3 is 2.17 bits per heavy atom. The summed E-state index contributed by atoms with van der Waals surface area (Å²) >= 11 is 0. The number of benzene rings is 2. The Morgan fingerprint density at radius 1 is 0.971 bits per heavy atom. The highest BCUT2D eigenvalue weighted by Gasteiger charge is 2.33. The fourth-order valence-corrected chi connectivity index (χ4v) is 3.68. The molecule has 0 atom stereocenters. The first-order valence-electron chi connectivity index (χ1n) is 11.1. The molecule has 0 unspecified atom stereocenters. The van der Waals surface area contributed by atoms with Crippen LogP contribution in [0.3, 0.4) is 0 Å². The van der Waals surface area contributed by atoms with Crippen LogP contribution in [0.2, 0.25) is 0 Å². The van der Waals surface area contributed by atoms with Gasteiger partial charge in [-0.25, -0.2) is 4.98 Å². The van der Waals surface area contributed by atoms with Crippen molar-refractivity contribution in [3.05, 3.63) is 65.5 Å². The van der Waals surface area contributed by atoms with Crippen molar-refractivity contribution < 1.29 is 18.0 Å². The second-order valence-electron chi connectivity index (χ2n) is 8.04. The summed E-state index contributed by atoms with van der Waals surface area (Å²) in [4.78, 5) is 14.4. The van der Waals surface area contributed by atoms with Gasteiger partial charge in [0, 0.05) is 16.5 Å². The maximum absolute atomic E-state index is 12.4. The highest BCUT2D eigenvalue weighted by atomic mass is 19.4. The van der Waals surface area contributed by atoms with Crippen molar-refractivity contribution in [2.75, 3.05) is 5.73 Å². The van der Waals surface area contributed by atoms with Crippen LogP contribution in [0.15, 0.2) is 48.5 Å². The average molecular weight is 483 g/mol. The smallest absolute Gasteiger partial charge is 0.398 e. The molecule has 2 aromatic heterocycles. The first kappa shape index (κ1) is 25.5. The van der Waals surface area contributed by atoms with Gasteiger partial charge in [-0.1, -0.05) is 56.7 Å². The lowest BCUT2D eigenvalue weighted by atomic mass is 10.0. The molecule has 7 nitrogen and oxygen atoms in total. The number of carbonyl (C=O) groups excluding carboxylic acids is 1. The number of H-pyrrole nitrogens is 1. The number of fused-ring (bicyclic) bond motifs is 2. The molecule has 0 aliphatic heterocycles. The van der Waals surface area contributed by atoms with Gasteiger partial charge in [-0.3, -0.25) is 9.89 Å². The number of primary amides is 1. The van der Waals surface area contributed by atoms with Gasteiger partial charge in [-0.05, 0) is 30.3 Å². The van der Waals surface area contributed by atoms with Crippen molar-refractivity contribution in [3.63, 3.8) is 0 Å². The number of aromatic nitrogens is 3. The van der Waals surface area contributed by atoms with E-state index in [0.717, 1.165) is 6.07 Å². The number of hydrogen-bond acceptors (Lipinski definition) is 5. The zero-order chi connectivity index (χ0) is 25.4. The molecule has 4 aromatic rings. The number of aromatic amines is 1. The minimum Gasteiger partial charge on any atom is -0.398 e. The number of amides is 1. The number of nitrogens with zero attached hydrogens (tertiary/aromatic N) is 3. The second kappa shape index (κ2) is 11.3. The average Bonchev–Trinajstić information content (AvgIpc) is 3.29. The van der Waals surface area contributed by atoms with Gasteiger partial charge in [-0.2, -0.15) is 23.5 Å². The first-order valence-corrected chi connectivity index (χ1v) is 11.1. The zero-order valence-corrected chi connectivity index (χ0v) is 18.9. The number of pyridine rings is 1. The van der Waals surface area contributed by atoms with Crippen molar-refractivity contribution >= 4 is 33.4 Å². The lowest BCUT2D eigenvalue weighted by Crippen LogP contribution is -2.11. The number of para-hydroxylation sites is 1. The number of nitrogen functional groups attached to an aromatic ring is 1. The third kappa shape index (κ3) is 6.69. The molecule has 182 valence electrons. The van der Waals surface area contributed by atoms with Gasteiger partial charge in [-0.15, -0.1) is 0 Å². The number of carbonyl (C=O) groups is 1. The van der Waals surface area contributed by atoms with Crippen LogP contribution >= 0.6 is 0 Å². The molecule has 0 saturated heterocycles. The highest BCUT2D eigenvalue weighted by molar-refractivity contribution is 6.04. The van der Waals surface area contributed by atoms with Crippen molar-refractivity contribution in [2.45, 2.75) is 44.7 Å². The summed E-state index contributed by atoms with van der Waals surface area (Å²) in [6.07, 6.45) is 4.54. The lowest BCUT2D eigenvalue weighted by molar-refractivity contribution is -0.140. The summed E-state index contributed by atoms with van der Waals surface area (Å²) in [5.41, 5.74) is 11.3. The topological polar surface area (TPSA) is 134 Å². The van der Waals surface area contributed by atoms with Gasteiger partial charge in [0.05, 0.1) is 22.7 Å². The molecular formula is C25H25F3N6O. The third-order valence-electron chi connectivity index (χ3n) is 5.46. The quantitative estimate of drug-likeness (QED) is 0.319. The number of nitrogens with one attached hydrogen (secondary N) is 1. The first-order chi connectivity index (χ1) is 16.7. The number of anilines is 1. The van der Waals surface area contributed by atoms with Crippen molar-refractivity contribution in [2.24, 2.45) is 5.73 Å². The molecule has 5 rings (SSSR count). The summed E-state index contributed by atoms with van der Waals surface area (Å²) < 4.78 is 37.1. The van der Waals surface area contributed by atoms with Crippen molar-refractivity contribution in [1.82, 2.24) is 15.2 Å². The molecule has 0 spiro atoms. The predicted octanol–water partition coefficient (Wildman–Crippen LogP) is 5.71. The van der Waals surface area contributed by atoms with Gasteiger partial charge in [0.25, 0.3) is 5.91 Å². The predicted molar refractivity (Wildman–Crippen MR) is 128 cm³/mol. The van der Waals surface area contributed by atoms with Gasteiger partial charge in [0.15, 0.2) is 5.69 Å². The molecule has 35 heavy (non-hydrogen) atoms. The van der Waals surface area contributed by atoms with E-state index in [9.17, 15) is 18.0 Å². The second-order valence-corrected chi connectivity index (χ2v) is 8.04. The minimum absolute atomic E-state index is 0.0907. The van der Waals surface area contributed by atoms with E-state index in [0.29, 0.717) is 21.9 Å². The maximum atomic E-state index is 12.4. The molecule has 5 N–H and O–H groups in total. The minimum atomic E-state index is -4.46. The maximum Gasteiger partial charge on any atom is 0.433 e. The van der Waals surface area contributed by atoms with Crippen LogP contribution in [0.5, 0.6) is 0 Å². The Bertz CT molecular complexity index is 1340. The molecule has 1 saturated carbocycles. The van der Waals surface area contributed by atoms with Crippen molar-refractivity contribution in [1.29, 1.82) is 5.26 Å². The molecule has 2 aromatic carbocycles. The lowest BCUT2D eigenvalue weighted by Gasteiger charge is -2.08. The highest BCUT2D eigenvalue weighted by Crippen LogP contribution is 2.31. The molecule has 0 radical (unpaired) electrons. The fraction of sp³-hybridized carbons (Fsp3) is 0.280. The molecule has 1 amide bonds. The Hall–Kier alpha value is -4.13. The zero-order valence-electron chi connectivity index (χ0n) is 18.9. The Morgan fingerprint density at radius 2 is 1.60 bits per heavy atom. The van der Waals surface area contributed by atoms with Crippen LogP contribution in [0.1, 0.15) is 60.3 Å². The number of halogens is 3. The van der Waals surface area contributed by atoms with Crippen LogP contribution in [0.4, 0.5) is 18.9 Å². The van der Waals surface area contributed by atoms with E-state index in [-0.39, 0.29) is 16.9 Å². The normalized spacial score (nSPS) is 13.2. The molecule has 1 aliphatic rings. The van der Waals surface area contributed by atoms with Crippen LogP contribution < -0.4 is 11.5 Å². The Labute approximate surface area is 199 Å². The van der Waals surface area contributed by atoms with Crippen LogP contribution in [0.25, 0.3) is 21.8 Å². The fourth-order valence-electron chi connectivity index (χ4n) is 3.68. The standard InChI is InChI=1S/C10H7F3N2.C9H6N4O.C6H12/c11-10(12,13)9-5-7(14)6-3-1-2-4-8(6)15-9;10-4-5-1-2-7-6(3-5)8(9(11)14)13-12-7;1-2-4-6-5-3-1/h1-5H,(H2,14,15);1-3H,(H2,11,14)(H,12,13);1-6H2. The van der Waals surface area contributed by atoms with E-state index in [4.69, 9.17) is 16.7 Å². The van der Waals surface area contributed by atoms with Gasteiger partial charge < -0.3 is 11.5 Å². The number of rotatable bonds is 1. The van der Waals surface area contributed by atoms with E-state index in [1.807, 2.05) is 6.07 Å². The summed E-state index contributed by atoms with van der Waals surface area (Å²) in [6, 6.07) is 14.2. The van der Waals surface area contributed by atoms with Gasteiger partial charge in [0.1, 0.15) is 5.69 Å². The van der Waals surface area contributed by atoms with Gasteiger partial charge >= 0.3 is 6.18 Å². The largest absolute Gasteiger partial charge is 0.433 e. The monoisotopic (exact) mass is 482 g/mol. The van der Waals surface area contributed by atoms with Crippen molar-refractivity contribution in [3.8, 4) is 6.07 Å². The molecule has 2 heterocycles. The molecule has 1 aliphatic carbocycles. The van der Waals surface area contributed by atoms with E-state index in [2.05, 4.69) is 15.2 Å². The van der Waals surface area contributed by atoms with E-state index >= 15 is 0 Å². The molecule has 10 heteroatoms. The summed E-state index contributed by atoms with van der Waals surface area (Å²) in [5, 5.41) is 16.2. The molecule has 1 fully saturated rings. The van der Waals surface area contributed by atoms with Crippen LogP contribution in [0, 0.1) is 11.3 Å². The van der Waals surface area contributed by atoms with Gasteiger partial charge in [0.2, 0.25) is 0 Å². The number of nitriles is 1.